The number of nitrogens with one attached hydrogen (secondary N) is 2. The first kappa shape index (κ1) is 22.1. The first-order chi connectivity index (χ1) is 14.5. The molecule has 1 amide bonds. The molecule has 0 radical (unpaired) electrons. The Morgan fingerprint density at radius 1 is 1.30 bits per heavy atom. The molecule has 1 aromatic carbocycles. The highest BCUT2D eigenvalue weighted by Gasteiger charge is 2.22. The third kappa shape index (κ3) is 6.45. The molecule has 3 rings (SSSR count). The van der Waals surface area contributed by atoms with Crippen LogP contribution in [0.1, 0.15) is 17.7 Å². The van der Waals surface area contributed by atoms with Crippen molar-refractivity contribution in [2.75, 3.05) is 45.2 Å². The molecule has 2 N–H and O–H groups in total. The number of hydrogen-bond donors (Lipinski definition) is 2. The van der Waals surface area contributed by atoms with E-state index in [-0.39, 0.29) is 24.3 Å². The molecular formula is C22H30FN5OS. The number of anilines is 1. The standard InChI is InChI=1S/C22H30FN5OS/c1-27(2)21(29)15-25-22(24-12-11-18-8-6-14-30-18)26-17-7-5-13-28(16-17)20-10-4-3-9-19(20)23/h3-4,6,8-10,14,17H,5,7,11-13,15-16H2,1-2H3,(H2,24,25,26). The number of thiophene rings is 1. The molecule has 30 heavy (non-hydrogen) atoms. The molecule has 8 heteroatoms. The van der Waals surface area contributed by atoms with Crippen LogP contribution in [-0.2, 0) is 11.2 Å². The number of para-hydroxylation sites is 1. The quantitative estimate of drug-likeness (QED) is 0.523. The van der Waals surface area contributed by atoms with E-state index >= 15 is 0 Å². The van der Waals surface area contributed by atoms with Crippen LogP contribution in [0.5, 0.6) is 0 Å². The van der Waals surface area contributed by atoms with Crippen LogP contribution in [0.2, 0.25) is 0 Å². The Hall–Kier alpha value is -2.61. The van der Waals surface area contributed by atoms with Crippen LogP contribution in [0.3, 0.4) is 0 Å². The van der Waals surface area contributed by atoms with Crippen LogP contribution in [0.25, 0.3) is 0 Å². The van der Waals surface area contributed by atoms with Crippen molar-refractivity contribution in [2.45, 2.75) is 25.3 Å². The summed E-state index contributed by atoms with van der Waals surface area (Å²) in [6, 6.07) is 11.2. The molecule has 1 aliphatic heterocycles. The lowest BCUT2D eigenvalue weighted by Crippen LogP contribution is -2.52. The van der Waals surface area contributed by atoms with E-state index in [1.54, 1.807) is 31.5 Å². The number of piperidine rings is 1. The minimum atomic E-state index is -0.197. The van der Waals surface area contributed by atoms with E-state index in [4.69, 9.17) is 0 Å². The molecule has 162 valence electrons. The average Bonchev–Trinajstić information content (AvgIpc) is 3.25. The summed E-state index contributed by atoms with van der Waals surface area (Å²) < 4.78 is 14.2. The van der Waals surface area contributed by atoms with Gasteiger partial charge in [0.15, 0.2) is 5.96 Å². The molecule has 2 heterocycles. The third-order valence-corrected chi connectivity index (χ3v) is 6.01. The second-order valence-corrected chi connectivity index (χ2v) is 8.62. The van der Waals surface area contributed by atoms with Crippen molar-refractivity contribution in [3.63, 3.8) is 0 Å². The lowest BCUT2D eigenvalue weighted by molar-refractivity contribution is -0.127. The molecule has 0 spiro atoms. The Labute approximate surface area is 181 Å². The van der Waals surface area contributed by atoms with E-state index in [2.05, 4.69) is 32.0 Å². The van der Waals surface area contributed by atoms with Crippen LogP contribution in [0.4, 0.5) is 10.1 Å². The lowest BCUT2D eigenvalue weighted by atomic mass is 10.0. The largest absolute Gasteiger partial charge is 0.367 e. The van der Waals surface area contributed by atoms with Crippen LogP contribution in [0, 0.1) is 5.82 Å². The molecule has 1 aromatic heterocycles. The molecule has 1 aliphatic rings. The van der Waals surface area contributed by atoms with Gasteiger partial charge in [-0.1, -0.05) is 18.2 Å². The van der Waals surface area contributed by atoms with Crippen LogP contribution < -0.4 is 15.5 Å². The third-order valence-electron chi connectivity index (χ3n) is 5.07. The van der Waals surface area contributed by atoms with Gasteiger partial charge in [0.05, 0.1) is 5.69 Å². The second kappa shape index (κ2) is 11.0. The Morgan fingerprint density at radius 2 is 2.13 bits per heavy atom. The summed E-state index contributed by atoms with van der Waals surface area (Å²) in [5, 5.41) is 8.87. The monoisotopic (exact) mass is 431 g/mol. The van der Waals surface area contributed by atoms with Gasteiger partial charge in [0, 0.05) is 44.6 Å². The summed E-state index contributed by atoms with van der Waals surface area (Å²) in [6.45, 7) is 2.34. The molecule has 1 unspecified atom stereocenters. The van der Waals surface area contributed by atoms with Crippen molar-refractivity contribution in [1.82, 2.24) is 15.5 Å². The molecule has 0 bridgehead atoms. The predicted octanol–water partition coefficient (Wildman–Crippen LogP) is 2.72. The maximum Gasteiger partial charge on any atom is 0.243 e. The van der Waals surface area contributed by atoms with Gasteiger partial charge in [-0.15, -0.1) is 11.3 Å². The van der Waals surface area contributed by atoms with E-state index in [1.165, 1.54) is 15.8 Å². The lowest BCUT2D eigenvalue weighted by Gasteiger charge is -2.35. The van der Waals surface area contributed by atoms with Crippen molar-refractivity contribution in [3.05, 3.63) is 52.5 Å². The topological polar surface area (TPSA) is 60.0 Å². The van der Waals surface area contributed by atoms with Gasteiger partial charge >= 0.3 is 0 Å². The number of hydrogen-bond acceptors (Lipinski definition) is 4. The Bertz CT molecular complexity index is 840. The van der Waals surface area contributed by atoms with Crippen molar-refractivity contribution in [1.29, 1.82) is 0 Å². The molecule has 2 aromatic rings. The fourth-order valence-corrected chi connectivity index (χ4v) is 4.12. The van der Waals surface area contributed by atoms with Gasteiger partial charge in [-0.25, -0.2) is 9.38 Å². The summed E-state index contributed by atoms with van der Waals surface area (Å²) in [7, 11) is 3.45. The van der Waals surface area contributed by atoms with Crippen molar-refractivity contribution < 1.29 is 9.18 Å². The van der Waals surface area contributed by atoms with Crippen LogP contribution >= 0.6 is 11.3 Å². The first-order valence-corrected chi connectivity index (χ1v) is 11.2. The zero-order valence-corrected chi connectivity index (χ0v) is 18.4. The minimum absolute atomic E-state index is 0.0500. The average molecular weight is 432 g/mol. The zero-order valence-electron chi connectivity index (χ0n) is 17.6. The zero-order chi connectivity index (χ0) is 21.3. The van der Waals surface area contributed by atoms with Crippen molar-refractivity contribution in [3.8, 4) is 0 Å². The molecule has 0 saturated carbocycles. The van der Waals surface area contributed by atoms with Gasteiger partial charge in [-0.05, 0) is 42.8 Å². The van der Waals surface area contributed by atoms with Gasteiger partial charge in [0.1, 0.15) is 12.4 Å². The van der Waals surface area contributed by atoms with E-state index < -0.39 is 0 Å². The number of carbonyl (C=O) groups is 1. The molecule has 1 fully saturated rings. The highest BCUT2D eigenvalue weighted by molar-refractivity contribution is 7.09. The van der Waals surface area contributed by atoms with E-state index in [0.29, 0.717) is 18.2 Å². The number of nitrogens with zero attached hydrogens (tertiary/aromatic N) is 3. The van der Waals surface area contributed by atoms with Crippen molar-refractivity contribution >= 4 is 28.9 Å². The number of likely N-dealkylation sites (N-methyl/N-ethyl adjacent to an activating group) is 1. The number of rotatable bonds is 7. The van der Waals surface area contributed by atoms with E-state index in [9.17, 15) is 9.18 Å². The van der Waals surface area contributed by atoms with Crippen LogP contribution in [-0.4, -0.2) is 63.1 Å². The summed E-state index contributed by atoms with van der Waals surface area (Å²) in [5.41, 5.74) is 0.635. The SMILES string of the molecule is CN(C)C(=O)CN=C(NCCc1cccs1)NC1CCCN(c2ccccc2F)C1. The maximum atomic E-state index is 14.2. The number of halogens is 1. The molecule has 0 aliphatic carbocycles. The van der Waals surface area contributed by atoms with Crippen molar-refractivity contribution in [2.24, 2.45) is 4.99 Å². The van der Waals surface area contributed by atoms with E-state index in [1.807, 2.05) is 18.2 Å². The van der Waals surface area contributed by atoms with Crippen LogP contribution in [0.15, 0.2) is 46.8 Å². The maximum absolute atomic E-state index is 14.2. The van der Waals surface area contributed by atoms with Gasteiger partial charge < -0.3 is 20.4 Å². The highest BCUT2D eigenvalue weighted by atomic mass is 32.1. The smallest absolute Gasteiger partial charge is 0.243 e. The summed E-state index contributed by atoms with van der Waals surface area (Å²) in [5.74, 6) is 0.380. The van der Waals surface area contributed by atoms with Gasteiger partial charge in [-0.3, -0.25) is 4.79 Å². The highest BCUT2D eigenvalue weighted by Crippen LogP contribution is 2.22. The fraction of sp³-hybridized carbons (Fsp3) is 0.455. The van der Waals surface area contributed by atoms with Gasteiger partial charge in [0.25, 0.3) is 0 Å². The number of amides is 1. The summed E-state index contributed by atoms with van der Waals surface area (Å²) >= 11 is 1.73. The normalized spacial score (nSPS) is 17.0. The number of guanidine groups is 1. The Balaban J connectivity index is 1.62. The molecule has 1 atom stereocenters. The molecular weight excluding hydrogens is 401 g/mol. The minimum Gasteiger partial charge on any atom is -0.367 e. The Morgan fingerprint density at radius 3 is 2.87 bits per heavy atom. The Kier molecular flexibility index (Phi) is 8.07. The predicted molar refractivity (Wildman–Crippen MR) is 122 cm³/mol. The summed E-state index contributed by atoms with van der Waals surface area (Å²) in [6.07, 6.45) is 2.83. The fourth-order valence-electron chi connectivity index (χ4n) is 3.41. The molecule has 1 saturated heterocycles. The van der Waals surface area contributed by atoms with Gasteiger partial charge in [0.2, 0.25) is 5.91 Å². The second-order valence-electron chi connectivity index (χ2n) is 7.59. The van der Waals surface area contributed by atoms with Gasteiger partial charge in [-0.2, -0.15) is 0 Å². The number of benzene rings is 1. The van der Waals surface area contributed by atoms with E-state index in [0.717, 1.165) is 32.4 Å². The summed E-state index contributed by atoms with van der Waals surface area (Å²) in [4.78, 5) is 21.4. The number of aliphatic imine (C=N–C) groups is 1. The molecule has 6 nitrogen and oxygen atoms in total. The number of carbonyl (C=O) groups excluding carboxylic acids is 1. The first-order valence-electron chi connectivity index (χ1n) is 10.3.